The van der Waals surface area contributed by atoms with Crippen LogP contribution in [0.2, 0.25) is 0 Å². The molecule has 0 fully saturated rings. The molecule has 1 rings (SSSR count). The first kappa shape index (κ1) is 16.4. The fourth-order valence-electron chi connectivity index (χ4n) is 1.56. The number of benzene rings is 1. The predicted octanol–water partition coefficient (Wildman–Crippen LogP) is 2.90. The molecular weight excluding hydrogens is 268 g/mol. The molecule has 5 nitrogen and oxygen atoms in total. The van der Waals surface area contributed by atoms with Crippen molar-refractivity contribution in [1.82, 2.24) is 0 Å². The zero-order valence-corrected chi connectivity index (χ0v) is 12.2. The van der Waals surface area contributed by atoms with E-state index in [2.05, 4.69) is 5.32 Å². The van der Waals surface area contributed by atoms with Crippen molar-refractivity contribution >= 4 is 23.6 Å². The van der Waals surface area contributed by atoms with Crippen LogP contribution in [0.3, 0.4) is 0 Å². The number of amides is 1. The maximum absolute atomic E-state index is 11.7. The van der Waals surface area contributed by atoms with E-state index in [1.165, 1.54) is 13.0 Å². The highest BCUT2D eigenvalue weighted by Gasteiger charge is 2.10. The number of nitrogens with one attached hydrogen (secondary N) is 1. The molecule has 5 heteroatoms. The Morgan fingerprint density at radius 2 is 2.00 bits per heavy atom. The van der Waals surface area contributed by atoms with Gasteiger partial charge in [-0.15, -0.1) is 0 Å². The van der Waals surface area contributed by atoms with Crippen LogP contribution in [-0.2, 0) is 14.3 Å². The first-order valence-corrected chi connectivity index (χ1v) is 6.73. The topological polar surface area (TPSA) is 79.2 Å². The highest BCUT2D eigenvalue weighted by atomic mass is 16.5. The summed E-state index contributed by atoms with van der Waals surface area (Å²) >= 11 is 0. The number of anilines is 1. The van der Waals surface area contributed by atoms with Gasteiger partial charge in [-0.3, -0.25) is 4.79 Å². The molecule has 0 aliphatic carbocycles. The molecule has 1 aromatic rings. The summed E-state index contributed by atoms with van der Waals surface area (Å²) in [6.07, 6.45) is 3.16. The maximum atomic E-state index is 11.7. The highest BCUT2D eigenvalue weighted by molar-refractivity contribution is 5.98. The second-order valence-corrected chi connectivity index (χ2v) is 4.46. The number of nitrogens with zero attached hydrogens (tertiary/aromatic N) is 1. The molecule has 0 spiro atoms. The molecule has 1 amide bonds. The summed E-state index contributed by atoms with van der Waals surface area (Å²) in [4.78, 5) is 22.6. The summed E-state index contributed by atoms with van der Waals surface area (Å²) in [7, 11) is 0. The lowest BCUT2D eigenvalue weighted by molar-refractivity contribution is -0.138. The van der Waals surface area contributed by atoms with E-state index in [1.807, 2.05) is 13.0 Å². The Labute approximate surface area is 124 Å². The minimum atomic E-state index is -0.614. The SMILES string of the molecule is CCCCOC(=O)/C(C#N)=C/c1ccc(NC(C)=O)cc1. The van der Waals surface area contributed by atoms with Gasteiger partial charge in [0.1, 0.15) is 11.6 Å². The summed E-state index contributed by atoms with van der Waals surface area (Å²) in [5.74, 6) is -0.771. The molecule has 1 aromatic carbocycles. The van der Waals surface area contributed by atoms with E-state index in [4.69, 9.17) is 10.00 Å². The Hall–Kier alpha value is -2.61. The van der Waals surface area contributed by atoms with Gasteiger partial charge in [0.25, 0.3) is 0 Å². The van der Waals surface area contributed by atoms with E-state index in [9.17, 15) is 9.59 Å². The van der Waals surface area contributed by atoms with Crippen molar-refractivity contribution in [3.63, 3.8) is 0 Å². The van der Waals surface area contributed by atoms with Crippen LogP contribution >= 0.6 is 0 Å². The molecule has 110 valence electrons. The number of esters is 1. The average molecular weight is 286 g/mol. The molecule has 0 bridgehead atoms. The van der Waals surface area contributed by atoms with Crippen molar-refractivity contribution in [2.45, 2.75) is 26.7 Å². The third-order valence-electron chi connectivity index (χ3n) is 2.61. The number of hydrogen-bond acceptors (Lipinski definition) is 4. The van der Waals surface area contributed by atoms with Crippen molar-refractivity contribution < 1.29 is 14.3 Å². The van der Waals surface area contributed by atoms with Crippen molar-refractivity contribution in [2.24, 2.45) is 0 Å². The third-order valence-corrected chi connectivity index (χ3v) is 2.61. The summed E-state index contributed by atoms with van der Waals surface area (Å²) in [5.41, 5.74) is 1.30. The van der Waals surface area contributed by atoms with Crippen LogP contribution in [0.15, 0.2) is 29.8 Å². The van der Waals surface area contributed by atoms with E-state index < -0.39 is 5.97 Å². The van der Waals surface area contributed by atoms with Crippen molar-refractivity contribution in [3.05, 3.63) is 35.4 Å². The molecular formula is C16H18N2O3. The summed E-state index contributed by atoms with van der Waals surface area (Å²) in [5, 5.41) is 11.7. The lowest BCUT2D eigenvalue weighted by atomic mass is 10.1. The zero-order chi connectivity index (χ0) is 15.7. The van der Waals surface area contributed by atoms with Crippen molar-refractivity contribution in [1.29, 1.82) is 5.26 Å². The zero-order valence-electron chi connectivity index (χ0n) is 12.2. The van der Waals surface area contributed by atoms with E-state index in [-0.39, 0.29) is 11.5 Å². The standard InChI is InChI=1S/C16H18N2O3/c1-3-4-9-21-16(20)14(11-17)10-13-5-7-15(8-6-13)18-12(2)19/h5-8,10H,3-4,9H2,1-2H3,(H,18,19)/b14-10+. The van der Waals surface area contributed by atoms with Crippen molar-refractivity contribution in [3.8, 4) is 6.07 Å². The smallest absolute Gasteiger partial charge is 0.348 e. The van der Waals surface area contributed by atoms with E-state index in [0.717, 1.165) is 12.8 Å². The van der Waals surface area contributed by atoms with Gasteiger partial charge in [0.05, 0.1) is 6.61 Å². The minimum absolute atomic E-state index is 0.0432. The lowest BCUT2D eigenvalue weighted by Gasteiger charge is -2.04. The molecule has 0 saturated heterocycles. The Morgan fingerprint density at radius 1 is 1.33 bits per heavy atom. The number of unbranched alkanes of at least 4 members (excludes halogenated alkanes) is 1. The number of rotatable bonds is 6. The summed E-state index contributed by atoms with van der Waals surface area (Å²) in [6.45, 7) is 3.73. The number of hydrogen-bond donors (Lipinski definition) is 1. The van der Waals surface area contributed by atoms with E-state index >= 15 is 0 Å². The van der Waals surface area contributed by atoms with Crippen LogP contribution in [0.4, 0.5) is 5.69 Å². The van der Waals surface area contributed by atoms with Gasteiger partial charge in [-0.05, 0) is 30.2 Å². The molecule has 1 N–H and O–H groups in total. The number of carbonyl (C=O) groups excluding carboxylic acids is 2. The van der Waals surface area contributed by atoms with E-state index in [1.54, 1.807) is 24.3 Å². The summed E-state index contributed by atoms with van der Waals surface area (Å²) in [6, 6.07) is 8.66. The lowest BCUT2D eigenvalue weighted by Crippen LogP contribution is -2.08. The fraction of sp³-hybridized carbons (Fsp3) is 0.312. The molecule has 0 radical (unpaired) electrons. The van der Waals surface area contributed by atoms with E-state index in [0.29, 0.717) is 17.9 Å². The second kappa shape index (κ2) is 8.54. The minimum Gasteiger partial charge on any atom is -0.462 e. The molecule has 0 atom stereocenters. The van der Waals surface area contributed by atoms with Crippen LogP contribution in [0.5, 0.6) is 0 Å². The van der Waals surface area contributed by atoms with Gasteiger partial charge in [-0.2, -0.15) is 5.26 Å². The van der Waals surface area contributed by atoms with Gasteiger partial charge >= 0.3 is 5.97 Å². The maximum Gasteiger partial charge on any atom is 0.348 e. The van der Waals surface area contributed by atoms with Gasteiger partial charge in [0.15, 0.2) is 0 Å². The number of ether oxygens (including phenoxy) is 1. The number of carbonyl (C=O) groups is 2. The van der Waals surface area contributed by atoms with Gasteiger partial charge in [-0.1, -0.05) is 25.5 Å². The fourth-order valence-corrected chi connectivity index (χ4v) is 1.56. The van der Waals surface area contributed by atoms with Gasteiger partial charge in [0.2, 0.25) is 5.91 Å². The average Bonchev–Trinajstić information content (AvgIpc) is 2.46. The Kier molecular flexibility index (Phi) is 6.69. The molecule has 0 saturated carbocycles. The molecule has 0 aliphatic heterocycles. The van der Waals surface area contributed by atoms with Gasteiger partial charge in [0, 0.05) is 12.6 Å². The quantitative estimate of drug-likeness (QED) is 0.377. The Morgan fingerprint density at radius 3 is 2.52 bits per heavy atom. The third kappa shape index (κ3) is 5.91. The Bertz CT molecular complexity index is 568. The largest absolute Gasteiger partial charge is 0.462 e. The molecule has 21 heavy (non-hydrogen) atoms. The van der Waals surface area contributed by atoms with Crippen LogP contribution in [-0.4, -0.2) is 18.5 Å². The second-order valence-electron chi connectivity index (χ2n) is 4.46. The first-order chi connectivity index (χ1) is 10.1. The Balaban J connectivity index is 2.76. The number of nitriles is 1. The normalized spacial score (nSPS) is 10.6. The van der Waals surface area contributed by atoms with Crippen molar-refractivity contribution in [2.75, 3.05) is 11.9 Å². The molecule has 0 unspecified atom stereocenters. The predicted molar refractivity (Wildman–Crippen MR) is 80.2 cm³/mol. The van der Waals surface area contributed by atoms with Crippen LogP contribution in [0.25, 0.3) is 6.08 Å². The highest BCUT2D eigenvalue weighted by Crippen LogP contribution is 2.13. The van der Waals surface area contributed by atoms with Gasteiger partial charge < -0.3 is 10.1 Å². The van der Waals surface area contributed by atoms with Crippen LogP contribution in [0, 0.1) is 11.3 Å². The first-order valence-electron chi connectivity index (χ1n) is 6.73. The molecule has 0 heterocycles. The molecule has 0 aliphatic rings. The van der Waals surface area contributed by atoms with Gasteiger partial charge in [-0.25, -0.2) is 4.79 Å². The van der Waals surface area contributed by atoms with Crippen LogP contribution in [0.1, 0.15) is 32.3 Å². The monoisotopic (exact) mass is 286 g/mol. The van der Waals surface area contributed by atoms with Crippen LogP contribution < -0.4 is 5.32 Å². The summed E-state index contributed by atoms with van der Waals surface area (Å²) < 4.78 is 5.00. The molecule has 0 aromatic heterocycles.